The number of rotatable bonds is 8. The van der Waals surface area contributed by atoms with Crippen LogP contribution < -0.4 is 15.8 Å². The van der Waals surface area contributed by atoms with E-state index in [4.69, 9.17) is 22.1 Å². The summed E-state index contributed by atoms with van der Waals surface area (Å²) in [6, 6.07) is 7.06. The predicted octanol–water partition coefficient (Wildman–Crippen LogP) is 4.06. The number of carbonyl (C=O) groups is 2. The zero-order chi connectivity index (χ0) is 23.5. The standard InChI is InChI=1S/C22H24ClN5O3S2/c1-12-3-8-15-16(9-12)33-21(19(15)20(24)30)25-18(29)11-32-22-27-26-17(28(22)2)10-31-14-6-4-13(23)5-7-14/h4-7,12H,3,8-11H2,1-2H3,(H2,24,30)(H,25,29). The SMILES string of the molecule is CC1CCc2c(sc(NC(=O)CSc3nnc(COc4ccc(Cl)cc4)n3C)c2C(N)=O)C1. The topological polar surface area (TPSA) is 112 Å². The molecule has 2 amide bonds. The van der Waals surface area contributed by atoms with Crippen molar-refractivity contribution >= 4 is 51.5 Å². The van der Waals surface area contributed by atoms with Gasteiger partial charge in [-0.15, -0.1) is 21.5 Å². The lowest BCUT2D eigenvalue weighted by Gasteiger charge is -2.18. The first-order valence-electron chi connectivity index (χ1n) is 10.5. The number of fused-ring (bicyclic) bond motifs is 1. The minimum atomic E-state index is -0.497. The molecule has 3 N–H and O–H groups in total. The maximum absolute atomic E-state index is 12.6. The first-order valence-corrected chi connectivity index (χ1v) is 12.6. The van der Waals surface area contributed by atoms with E-state index in [1.165, 1.54) is 23.1 Å². The summed E-state index contributed by atoms with van der Waals surface area (Å²) in [6.07, 6.45) is 2.74. The van der Waals surface area contributed by atoms with Crippen LogP contribution in [0, 0.1) is 5.92 Å². The molecule has 1 atom stereocenters. The molecule has 0 aliphatic heterocycles. The van der Waals surface area contributed by atoms with Gasteiger partial charge in [-0.2, -0.15) is 0 Å². The Balaban J connectivity index is 1.36. The summed E-state index contributed by atoms with van der Waals surface area (Å²) in [7, 11) is 1.82. The molecule has 33 heavy (non-hydrogen) atoms. The number of carbonyl (C=O) groups excluding carboxylic acids is 2. The molecule has 0 bridgehead atoms. The summed E-state index contributed by atoms with van der Waals surface area (Å²) in [5, 5.41) is 12.9. The van der Waals surface area contributed by atoms with Crippen molar-refractivity contribution in [2.24, 2.45) is 18.7 Å². The Morgan fingerprint density at radius 2 is 2.09 bits per heavy atom. The fourth-order valence-corrected chi connectivity index (χ4v) is 5.96. The first kappa shape index (κ1) is 23.6. The minimum absolute atomic E-state index is 0.126. The average molecular weight is 506 g/mol. The molecule has 3 aromatic rings. The van der Waals surface area contributed by atoms with E-state index in [0.717, 1.165) is 29.7 Å². The molecule has 0 spiro atoms. The van der Waals surface area contributed by atoms with Crippen molar-refractivity contribution in [2.75, 3.05) is 11.1 Å². The number of nitrogens with one attached hydrogen (secondary N) is 1. The number of nitrogens with zero attached hydrogens (tertiary/aromatic N) is 3. The third-order valence-corrected chi connectivity index (χ3v) is 7.89. The molecule has 8 nitrogen and oxygen atoms in total. The fourth-order valence-electron chi connectivity index (χ4n) is 3.67. The molecular formula is C22H24ClN5O3S2. The van der Waals surface area contributed by atoms with E-state index in [1.807, 2.05) is 7.05 Å². The number of thiophene rings is 1. The van der Waals surface area contributed by atoms with Gasteiger partial charge in [0.25, 0.3) is 5.91 Å². The molecule has 1 aromatic carbocycles. The van der Waals surface area contributed by atoms with Crippen molar-refractivity contribution in [2.45, 2.75) is 37.9 Å². The number of primary amides is 1. The zero-order valence-corrected chi connectivity index (χ0v) is 20.6. The lowest BCUT2D eigenvalue weighted by Crippen LogP contribution is -2.20. The number of aromatic nitrogens is 3. The van der Waals surface area contributed by atoms with E-state index in [2.05, 4.69) is 22.4 Å². The van der Waals surface area contributed by atoms with Gasteiger partial charge in [0.2, 0.25) is 5.91 Å². The molecule has 0 saturated heterocycles. The average Bonchev–Trinajstić information content (AvgIpc) is 3.31. The van der Waals surface area contributed by atoms with Gasteiger partial charge in [0, 0.05) is 16.9 Å². The third-order valence-electron chi connectivity index (χ3n) is 5.45. The minimum Gasteiger partial charge on any atom is -0.486 e. The number of benzene rings is 1. The number of thioether (sulfide) groups is 1. The van der Waals surface area contributed by atoms with Gasteiger partial charge in [0.05, 0.1) is 11.3 Å². The van der Waals surface area contributed by atoms with Crippen molar-refractivity contribution in [3.05, 3.63) is 51.1 Å². The number of amides is 2. The molecule has 2 aromatic heterocycles. The smallest absolute Gasteiger partial charge is 0.251 e. The number of ether oxygens (including phenoxy) is 1. The highest BCUT2D eigenvalue weighted by atomic mass is 35.5. The van der Waals surface area contributed by atoms with Gasteiger partial charge in [-0.25, -0.2) is 0 Å². The number of nitrogens with two attached hydrogens (primary N) is 1. The van der Waals surface area contributed by atoms with Gasteiger partial charge in [0.15, 0.2) is 11.0 Å². The van der Waals surface area contributed by atoms with Crippen molar-refractivity contribution < 1.29 is 14.3 Å². The fraction of sp³-hybridized carbons (Fsp3) is 0.364. The first-order chi connectivity index (χ1) is 15.8. The molecule has 0 radical (unpaired) electrons. The van der Waals surface area contributed by atoms with Crippen LogP contribution in [0.3, 0.4) is 0 Å². The van der Waals surface area contributed by atoms with Gasteiger partial charge in [-0.05, 0) is 55.0 Å². The lowest BCUT2D eigenvalue weighted by molar-refractivity contribution is -0.113. The second-order valence-electron chi connectivity index (χ2n) is 7.96. The van der Waals surface area contributed by atoms with E-state index in [9.17, 15) is 9.59 Å². The second-order valence-corrected chi connectivity index (χ2v) is 10.4. The summed E-state index contributed by atoms with van der Waals surface area (Å²) in [5.74, 6) is 1.27. The van der Waals surface area contributed by atoms with Crippen LogP contribution in [0.25, 0.3) is 0 Å². The van der Waals surface area contributed by atoms with Crippen LogP contribution in [0.1, 0.15) is 40.0 Å². The van der Waals surface area contributed by atoms with Gasteiger partial charge >= 0.3 is 0 Å². The maximum Gasteiger partial charge on any atom is 0.251 e. The molecule has 0 saturated carbocycles. The molecule has 1 aliphatic rings. The molecule has 2 heterocycles. The molecular weight excluding hydrogens is 482 g/mol. The lowest BCUT2D eigenvalue weighted by atomic mass is 9.88. The molecule has 174 valence electrons. The third kappa shape index (κ3) is 5.51. The van der Waals surface area contributed by atoms with E-state index < -0.39 is 5.91 Å². The molecule has 4 rings (SSSR count). The summed E-state index contributed by atoms with van der Waals surface area (Å²) >= 11 is 8.60. The molecule has 1 aliphatic carbocycles. The highest BCUT2D eigenvalue weighted by Gasteiger charge is 2.27. The Kier molecular flexibility index (Phi) is 7.26. The van der Waals surface area contributed by atoms with Crippen LogP contribution in [-0.2, 0) is 31.3 Å². The molecule has 0 fully saturated rings. The Morgan fingerprint density at radius 1 is 1.33 bits per heavy atom. The Labute approximate surface area is 204 Å². The van der Waals surface area contributed by atoms with Crippen LogP contribution in [0.15, 0.2) is 29.4 Å². The summed E-state index contributed by atoms with van der Waals surface area (Å²) in [5.41, 5.74) is 7.08. The predicted molar refractivity (Wildman–Crippen MR) is 130 cm³/mol. The Morgan fingerprint density at radius 3 is 2.82 bits per heavy atom. The second kappa shape index (κ2) is 10.1. The monoisotopic (exact) mass is 505 g/mol. The van der Waals surface area contributed by atoms with E-state index >= 15 is 0 Å². The van der Waals surface area contributed by atoms with Crippen LogP contribution in [0.5, 0.6) is 5.75 Å². The van der Waals surface area contributed by atoms with Crippen molar-refractivity contribution in [1.29, 1.82) is 0 Å². The number of anilines is 1. The van der Waals surface area contributed by atoms with Crippen LogP contribution >= 0.6 is 34.7 Å². The van der Waals surface area contributed by atoms with E-state index in [0.29, 0.717) is 38.2 Å². The summed E-state index contributed by atoms with van der Waals surface area (Å²) in [6.45, 7) is 2.43. The van der Waals surface area contributed by atoms with Crippen LogP contribution in [-0.4, -0.2) is 32.3 Å². The van der Waals surface area contributed by atoms with E-state index in [-0.39, 0.29) is 18.3 Å². The Hall–Kier alpha value is -2.56. The number of halogens is 1. The van der Waals surface area contributed by atoms with Crippen molar-refractivity contribution in [3.63, 3.8) is 0 Å². The van der Waals surface area contributed by atoms with Gasteiger partial charge in [0.1, 0.15) is 17.4 Å². The number of hydrogen-bond donors (Lipinski definition) is 2. The molecule has 1 unspecified atom stereocenters. The largest absolute Gasteiger partial charge is 0.486 e. The Bertz CT molecular complexity index is 1180. The zero-order valence-electron chi connectivity index (χ0n) is 18.3. The van der Waals surface area contributed by atoms with E-state index in [1.54, 1.807) is 28.8 Å². The normalized spacial score (nSPS) is 15.2. The van der Waals surface area contributed by atoms with Crippen LogP contribution in [0.2, 0.25) is 5.02 Å². The quantitative estimate of drug-likeness (QED) is 0.446. The summed E-state index contributed by atoms with van der Waals surface area (Å²) in [4.78, 5) is 25.8. The van der Waals surface area contributed by atoms with Gasteiger partial charge in [-0.3, -0.25) is 9.59 Å². The van der Waals surface area contributed by atoms with Crippen molar-refractivity contribution in [1.82, 2.24) is 14.8 Å². The van der Waals surface area contributed by atoms with Gasteiger partial charge < -0.3 is 20.4 Å². The molecule has 11 heteroatoms. The highest BCUT2D eigenvalue weighted by molar-refractivity contribution is 7.99. The van der Waals surface area contributed by atoms with Gasteiger partial charge in [-0.1, -0.05) is 30.3 Å². The van der Waals surface area contributed by atoms with Crippen LogP contribution in [0.4, 0.5) is 5.00 Å². The maximum atomic E-state index is 12.6. The summed E-state index contributed by atoms with van der Waals surface area (Å²) < 4.78 is 7.50. The number of hydrogen-bond acceptors (Lipinski definition) is 7. The highest BCUT2D eigenvalue weighted by Crippen LogP contribution is 2.39. The van der Waals surface area contributed by atoms with Crippen molar-refractivity contribution in [3.8, 4) is 5.75 Å².